The van der Waals surface area contributed by atoms with Crippen LogP contribution in [0.5, 0.6) is 0 Å². The van der Waals surface area contributed by atoms with Crippen LogP contribution in [0.2, 0.25) is 0 Å². The molecule has 4 heteroatoms. The predicted octanol–water partition coefficient (Wildman–Crippen LogP) is 2.79. The molecule has 2 aromatic rings. The number of carbonyl (C=O) groups excluding carboxylic acids is 1. The Kier molecular flexibility index (Phi) is 5.46. The molecule has 0 aliphatic carbocycles. The molecule has 0 saturated heterocycles. The van der Waals surface area contributed by atoms with Crippen molar-refractivity contribution in [1.82, 2.24) is 10.6 Å². The van der Waals surface area contributed by atoms with E-state index in [0.29, 0.717) is 6.54 Å². The maximum absolute atomic E-state index is 13.1. The van der Waals surface area contributed by atoms with Gasteiger partial charge < -0.3 is 10.6 Å². The van der Waals surface area contributed by atoms with Crippen molar-refractivity contribution in [1.29, 1.82) is 0 Å². The Morgan fingerprint density at radius 1 is 1.14 bits per heavy atom. The van der Waals surface area contributed by atoms with Crippen LogP contribution in [0.1, 0.15) is 24.1 Å². The fraction of sp³-hybridized carbons (Fsp3) is 0.235. The lowest BCUT2D eigenvalue weighted by atomic mass is 10.1. The van der Waals surface area contributed by atoms with Crippen LogP contribution in [0.25, 0.3) is 0 Å². The molecule has 110 valence electrons. The SMILES string of the molecule is CC(NCC(=O)NCc1ccccc1)c1cccc(F)c1. The minimum atomic E-state index is -0.269. The van der Waals surface area contributed by atoms with Gasteiger partial charge in [0, 0.05) is 12.6 Å². The van der Waals surface area contributed by atoms with Crippen LogP contribution in [0.3, 0.4) is 0 Å². The van der Waals surface area contributed by atoms with Crippen LogP contribution < -0.4 is 10.6 Å². The molecule has 0 aliphatic rings. The van der Waals surface area contributed by atoms with E-state index in [2.05, 4.69) is 10.6 Å². The lowest BCUT2D eigenvalue weighted by Gasteiger charge is -2.14. The molecule has 1 atom stereocenters. The molecule has 0 saturated carbocycles. The molecule has 0 aliphatic heterocycles. The van der Waals surface area contributed by atoms with Gasteiger partial charge in [0.15, 0.2) is 0 Å². The van der Waals surface area contributed by atoms with Gasteiger partial charge in [-0.2, -0.15) is 0 Å². The summed E-state index contributed by atoms with van der Waals surface area (Å²) in [5, 5.41) is 5.93. The standard InChI is InChI=1S/C17H19FN2O/c1-13(15-8-5-9-16(18)10-15)19-12-17(21)20-11-14-6-3-2-4-7-14/h2-10,13,19H,11-12H2,1H3,(H,20,21). The number of halogens is 1. The zero-order valence-electron chi connectivity index (χ0n) is 12.0. The van der Waals surface area contributed by atoms with Gasteiger partial charge in [-0.25, -0.2) is 4.39 Å². The minimum Gasteiger partial charge on any atom is -0.351 e. The molecule has 0 heterocycles. The summed E-state index contributed by atoms with van der Waals surface area (Å²) in [7, 11) is 0. The molecule has 21 heavy (non-hydrogen) atoms. The maximum Gasteiger partial charge on any atom is 0.234 e. The number of rotatable bonds is 6. The fourth-order valence-corrected chi connectivity index (χ4v) is 2.00. The van der Waals surface area contributed by atoms with Crippen LogP contribution >= 0.6 is 0 Å². The first kappa shape index (κ1) is 15.2. The Morgan fingerprint density at radius 2 is 1.90 bits per heavy atom. The predicted molar refractivity (Wildman–Crippen MR) is 81.1 cm³/mol. The van der Waals surface area contributed by atoms with Crippen molar-refractivity contribution in [2.45, 2.75) is 19.5 Å². The average Bonchev–Trinajstić information content (AvgIpc) is 2.51. The Labute approximate surface area is 124 Å². The van der Waals surface area contributed by atoms with Crippen molar-refractivity contribution < 1.29 is 9.18 Å². The molecule has 0 bridgehead atoms. The molecule has 2 N–H and O–H groups in total. The lowest BCUT2D eigenvalue weighted by Crippen LogP contribution is -2.34. The zero-order chi connectivity index (χ0) is 15.1. The molecule has 0 spiro atoms. The highest BCUT2D eigenvalue weighted by molar-refractivity contribution is 5.78. The van der Waals surface area contributed by atoms with Crippen molar-refractivity contribution in [2.24, 2.45) is 0 Å². The second-order valence-electron chi connectivity index (χ2n) is 4.92. The average molecular weight is 286 g/mol. The van der Waals surface area contributed by atoms with Crippen molar-refractivity contribution >= 4 is 5.91 Å². The first-order valence-electron chi connectivity index (χ1n) is 6.94. The number of hydrogen-bond acceptors (Lipinski definition) is 2. The molecular weight excluding hydrogens is 267 g/mol. The topological polar surface area (TPSA) is 41.1 Å². The highest BCUT2D eigenvalue weighted by atomic mass is 19.1. The van der Waals surface area contributed by atoms with Crippen molar-refractivity contribution in [3.63, 3.8) is 0 Å². The summed E-state index contributed by atoms with van der Waals surface area (Å²) in [5.41, 5.74) is 1.88. The van der Waals surface area contributed by atoms with E-state index in [1.54, 1.807) is 6.07 Å². The largest absolute Gasteiger partial charge is 0.351 e. The molecular formula is C17H19FN2O. The van der Waals surface area contributed by atoms with Crippen LogP contribution in [0.15, 0.2) is 54.6 Å². The third-order valence-electron chi connectivity index (χ3n) is 3.25. The zero-order valence-corrected chi connectivity index (χ0v) is 12.0. The Hall–Kier alpha value is -2.20. The van der Waals surface area contributed by atoms with Crippen LogP contribution in [-0.4, -0.2) is 12.5 Å². The molecule has 0 fully saturated rings. The first-order chi connectivity index (χ1) is 10.1. The highest BCUT2D eigenvalue weighted by Gasteiger charge is 2.08. The maximum atomic E-state index is 13.1. The van der Waals surface area contributed by atoms with Crippen LogP contribution in [-0.2, 0) is 11.3 Å². The van der Waals surface area contributed by atoms with Gasteiger partial charge in [-0.1, -0.05) is 42.5 Å². The van der Waals surface area contributed by atoms with E-state index < -0.39 is 0 Å². The van der Waals surface area contributed by atoms with E-state index in [4.69, 9.17) is 0 Å². The van der Waals surface area contributed by atoms with Gasteiger partial charge in [0.1, 0.15) is 5.82 Å². The Balaban J connectivity index is 1.76. The summed E-state index contributed by atoms with van der Waals surface area (Å²) in [6, 6.07) is 16.0. The van der Waals surface area contributed by atoms with Crippen LogP contribution in [0, 0.1) is 5.82 Å². The molecule has 2 aromatic carbocycles. The van der Waals surface area contributed by atoms with E-state index in [9.17, 15) is 9.18 Å². The number of carbonyl (C=O) groups is 1. The summed E-state index contributed by atoms with van der Waals surface area (Å²) in [6.07, 6.45) is 0. The van der Waals surface area contributed by atoms with Gasteiger partial charge >= 0.3 is 0 Å². The summed E-state index contributed by atoms with van der Waals surface area (Å²) >= 11 is 0. The Bertz CT molecular complexity index is 586. The van der Waals surface area contributed by atoms with Gasteiger partial charge in [0.25, 0.3) is 0 Å². The third kappa shape index (κ3) is 5.00. The minimum absolute atomic E-state index is 0.0804. The smallest absolute Gasteiger partial charge is 0.234 e. The van der Waals surface area contributed by atoms with Crippen molar-refractivity contribution in [3.05, 3.63) is 71.5 Å². The lowest BCUT2D eigenvalue weighted by molar-refractivity contribution is -0.120. The second kappa shape index (κ2) is 7.55. The summed E-state index contributed by atoms with van der Waals surface area (Å²) in [5.74, 6) is -0.350. The summed E-state index contributed by atoms with van der Waals surface area (Å²) < 4.78 is 13.1. The first-order valence-corrected chi connectivity index (χ1v) is 6.94. The fourth-order valence-electron chi connectivity index (χ4n) is 2.00. The molecule has 3 nitrogen and oxygen atoms in total. The number of nitrogens with one attached hydrogen (secondary N) is 2. The van der Waals surface area contributed by atoms with Gasteiger partial charge in [0.05, 0.1) is 6.54 Å². The number of hydrogen-bond donors (Lipinski definition) is 2. The quantitative estimate of drug-likeness (QED) is 0.857. The molecule has 0 aromatic heterocycles. The monoisotopic (exact) mass is 286 g/mol. The van der Waals surface area contributed by atoms with Crippen molar-refractivity contribution in [2.75, 3.05) is 6.54 Å². The highest BCUT2D eigenvalue weighted by Crippen LogP contribution is 2.12. The van der Waals surface area contributed by atoms with E-state index >= 15 is 0 Å². The van der Waals surface area contributed by atoms with Gasteiger partial charge in [-0.05, 0) is 30.2 Å². The summed E-state index contributed by atoms with van der Waals surface area (Å²) in [6.45, 7) is 2.61. The summed E-state index contributed by atoms with van der Waals surface area (Å²) in [4.78, 5) is 11.8. The molecule has 1 unspecified atom stereocenters. The van der Waals surface area contributed by atoms with E-state index in [1.807, 2.05) is 43.3 Å². The number of amides is 1. The van der Waals surface area contributed by atoms with Gasteiger partial charge in [0.2, 0.25) is 5.91 Å². The molecule has 0 radical (unpaired) electrons. The number of benzene rings is 2. The second-order valence-corrected chi connectivity index (χ2v) is 4.92. The van der Waals surface area contributed by atoms with Gasteiger partial charge in [-0.15, -0.1) is 0 Å². The van der Waals surface area contributed by atoms with Crippen molar-refractivity contribution in [3.8, 4) is 0 Å². The van der Waals surface area contributed by atoms with Gasteiger partial charge in [-0.3, -0.25) is 4.79 Å². The normalized spacial score (nSPS) is 11.9. The molecule has 2 rings (SSSR count). The third-order valence-corrected chi connectivity index (χ3v) is 3.25. The van der Waals surface area contributed by atoms with Crippen LogP contribution in [0.4, 0.5) is 4.39 Å². The van der Waals surface area contributed by atoms with E-state index in [-0.39, 0.29) is 24.3 Å². The Morgan fingerprint density at radius 3 is 2.62 bits per heavy atom. The van der Waals surface area contributed by atoms with E-state index in [0.717, 1.165) is 11.1 Å². The molecule has 1 amide bonds. The van der Waals surface area contributed by atoms with E-state index in [1.165, 1.54) is 12.1 Å².